The van der Waals surface area contributed by atoms with Gasteiger partial charge >= 0.3 is 5.97 Å². The predicted molar refractivity (Wildman–Crippen MR) is 114 cm³/mol. The van der Waals surface area contributed by atoms with E-state index in [1.165, 1.54) is 22.7 Å². The van der Waals surface area contributed by atoms with Crippen molar-refractivity contribution in [3.05, 3.63) is 43.9 Å². The Morgan fingerprint density at radius 2 is 2.03 bits per heavy atom. The molecule has 0 unspecified atom stereocenters. The average molecular weight is 448 g/mol. The van der Waals surface area contributed by atoms with Gasteiger partial charge in [0.05, 0.1) is 5.56 Å². The molecule has 0 saturated heterocycles. The number of nitrogens with one attached hydrogen (secondary N) is 1. The van der Waals surface area contributed by atoms with Crippen LogP contribution in [0.25, 0.3) is 10.6 Å². The molecule has 0 atom stereocenters. The Kier molecular flexibility index (Phi) is 5.74. The fraction of sp³-hybridized carbons (Fsp3) is 0.263. The highest BCUT2D eigenvalue weighted by atomic mass is 32.1. The molecule has 0 radical (unpaired) electrons. The second-order valence-electron chi connectivity index (χ2n) is 6.45. The fourth-order valence-corrected chi connectivity index (χ4v) is 5.98. The first kappa shape index (κ1) is 19.7. The molecule has 10 heteroatoms. The number of hydrogen-bond acceptors (Lipinski definition) is 8. The van der Waals surface area contributed by atoms with Crippen LogP contribution in [0.1, 0.15) is 44.1 Å². The number of rotatable bonds is 6. The first-order valence-electron chi connectivity index (χ1n) is 8.92. The Hall–Kier alpha value is -2.56. The van der Waals surface area contributed by atoms with Crippen molar-refractivity contribution in [1.29, 1.82) is 0 Å². The van der Waals surface area contributed by atoms with E-state index in [-0.39, 0.29) is 5.69 Å². The van der Waals surface area contributed by atoms with Crippen molar-refractivity contribution in [2.75, 3.05) is 11.9 Å². The Morgan fingerprint density at radius 3 is 2.79 bits per heavy atom. The summed E-state index contributed by atoms with van der Waals surface area (Å²) in [7, 11) is 0. The Bertz CT molecular complexity index is 1070. The first-order chi connectivity index (χ1) is 14.0. The van der Waals surface area contributed by atoms with Crippen LogP contribution in [0.5, 0.6) is 0 Å². The molecule has 0 spiro atoms. The van der Waals surface area contributed by atoms with Gasteiger partial charge in [-0.2, -0.15) is 11.3 Å². The topological polar surface area (TPSA) is 111 Å². The number of nitrogens with zero attached hydrogens (tertiary/aromatic N) is 1. The number of anilines is 1. The zero-order chi connectivity index (χ0) is 20.4. The standard InChI is InChI=1S/C19H17N3O4S3/c20-16(24)15-11-3-1-2-4-13(11)29-18(15)22-14(23)7-26-19(25)12-9-28-17(21-12)10-5-6-27-8-10/h5-6,8-9H,1-4,7H2,(H2,20,24)(H,22,23). The molecule has 4 rings (SSSR count). The molecule has 0 bridgehead atoms. The van der Waals surface area contributed by atoms with E-state index in [4.69, 9.17) is 10.5 Å². The van der Waals surface area contributed by atoms with Crippen LogP contribution in [0.15, 0.2) is 22.2 Å². The van der Waals surface area contributed by atoms with Gasteiger partial charge in [0.2, 0.25) is 0 Å². The van der Waals surface area contributed by atoms with Gasteiger partial charge in [-0.3, -0.25) is 9.59 Å². The van der Waals surface area contributed by atoms with Crippen LogP contribution in [0, 0.1) is 0 Å². The lowest BCUT2D eigenvalue weighted by molar-refractivity contribution is -0.119. The van der Waals surface area contributed by atoms with Crippen LogP contribution in [0.4, 0.5) is 5.00 Å². The van der Waals surface area contributed by atoms with Crippen molar-refractivity contribution in [1.82, 2.24) is 4.98 Å². The molecule has 1 aliphatic rings. The number of aryl methyl sites for hydroxylation is 1. The number of fused-ring (bicyclic) bond motifs is 1. The summed E-state index contributed by atoms with van der Waals surface area (Å²) in [4.78, 5) is 41.7. The third kappa shape index (κ3) is 4.24. The molecule has 0 aromatic carbocycles. The number of thiophene rings is 2. The lowest BCUT2D eigenvalue weighted by Crippen LogP contribution is -2.23. The lowest BCUT2D eigenvalue weighted by atomic mass is 9.95. The van der Waals surface area contributed by atoms with Crippen LogP contribution in [0.2, 0.25) is 0 Å². The molecule has 0 saturated carbocycles. The van der Waals surface area contributed by atoms with Gasteiger partial charge < -0.3 is 15.8 Å². The Labute approximate surface area is 178 Å². The highest BCUT2D eigenvalue weighted by Gasteiger charge is 2.25. The molecule has 3 aromatic rings. The number of aromatic nitrogens is 1. The normalized spacial score (nSPS) is 13.0. The molecule has 3 heterocycles. The van der Waals surface area contributed by atoms with Gasteiger partial charge in [-0.1, -0.05) is 0 Å². The highest BCUT2D eigenvalue weighted by Crippen LogP contribution is 2.37. The van der Waals surface area contributed by atoms with E-state index in [0.29, 0.717) is 10.6 Å². The highest BCUT2D eigenvalue weighted by molar-refractivity contribution is 7.17. The molecular weight excluding hydrogens is 430 g/mol. The molecule has 2 amide bonds. The predicted octanol–water partition coefficient (Wildman–Crippen LogP) is 3.71. The number of carbonyl (C=O) groups is 3. The molecule has 29 heavy (non-hydrogen) atoms. The Morgan fingerprint density at radius 1 is 1.21 bits per heavy atom. The third-order valence-electron chi connectivity index (χ3n) is 4.49. The molecule has 0 fully saturated rings. The molecule has 0 aliphatic heterocycles. The summed E-state index contributed by atoms with van der Waals surface area (Å²) in [5, 5.41) is 9.30. The maximum atomic E-state index is 12.3. The number of thiazole rings is 1. The van der Waals surface area contributed by atoms with Crippen molar-refractivity contribution < 1.29 is 19.1 Å². The van der Waals surface area contributed by atoms with Gasteiger partial charge in [0.1, 0.15) is 10.0 Å². The van der Waals surface area contributed by atoms with E-state index < -0.39 is 24.4 Å². The Balaban J connectivity index is 1.39. The third-order valence-corrected chi connectivity index (χ3v) is 7.27. The first-order valence-corrected chi connectivity index (χ1v) is 11.6. The maximum Gasteiger partial charge on any atom is 0.358 e. The summed E-state index contributed by atoms with van der Waals surface area (Å²) in [6.07, 6.45) is 3.71. The van der Waals surface area contributed by atoms with Crippen molar-refractivity contribution >= 4 is 56.8 Å². The van der Waals surface area contributed by atoms with Gasteiger partial charge in [-0.05, 0) is 42.7 Å². The van der Waals surface area contributed by atoms with Crippen LogP contribution in [-0.2, 0) is 22.4 Å². The maximum absolute atomic E-state index is 12.3. The summed E-state index contributed by atoms with van der Waals surface area (Å²) in [6.45, 7) is -0.467. The number of hydrogen-bond donors (Lipinski definition) is 2. The molecular formula is C19H17N3O4S3. The summed E-state index contributed by atoms with van der Waals surface area (Å²) in [5.41, 5.74) is 7.94. The average Bonchev–Trinajstić information content (AvgIpc) is 3.44. The van der Waals surface area contributed by atoms with Crippen LogP contribution in [-0.4, -0.2) is 29.4 Å². The second kappa shape index (κ2) is 8.44. The molecule has 3 N–H and O–H groups in total. The van der Waals surface area contributed by atoms with Crippen LogP contribution in [0.3, 0.4) is 0 Å². The summed E-state index contributed by atoms with van der Waals surface area (Å²) in [5.74, 6) is -1.74. The van der Waals surface area contributed by atoms with Gasteiger partial charge in [0.15, 0.2) is 12.3 Å². The number of ether oxygens (including phenoxy) is 1. The zero-order valence-electron chi connectivity index (χ0n) is 15.2. The second-order valence-corrected chi connectivity index (χ2v) is 9.20. The van der Waals surface area contributed by atoms with Gasteiger partial charge in [-0.15, -0.1) is 22.7 Å². The molecule has 150 valence electrons. The zero-order valence-corrected chi connectivity index (χ0v) is 17.7. The van der Waals surface area contributed by atoms with Gasteiger partial charge in [0, 0.05) is 21.2 Å². The van der Waals surface area contributed by atoms with E-state index in [1.54, 1.807) is 16.7 Å². The number of primary amides is 1. The van der Waals surface area contributed by atoms with E-state index in [0.717, 1.165) is 46.7 Å². The summed E-state index contributed by atoms with van der Waals surface area (Å²) < 4.78 is 5.08. The van der Waals surface area contributed by atoms with E-state index in [2.05, 4.69) is 10.3 Å². The SMILES string of the molecule is NC(=O)c1c(NC(=O)COC(=O)c2csc(-c3ccsc3)n2)sc2c1CCCC2. The van der Waals surface area contributed by atoms with E-state index in [9.17, 15) is 14.4 Å². The smallest absolute Gasteiger partial charge is 0.358 e. The fourth-order valence-electron chi connectivity index (χ4n) is 3.17. The minimum Gasteiger partial charge on any atom is -0.451 e. The monoisotopic (exact) mass is 447 g/mol. The van der Waals surface area contributed by atoms with Crippen molar-refractivity contribution in [3.63, 3.8) is 0 Å². The van der Waals surface area contributed by atoms with E-state index in [1.807, 2.05) is 16.8 Å². The van der Waals surface area contributed by atoms with Crippen molar-refractivity contribution in [2.24, 2.45) is 5.73 Å². The number of amides is 2. The van der Waals surface area contributed by atoms with E-state index >= 15 is 0 Å². The van der Waals surface area contributed by atoms with Gasteiger partial charge in [0.25, 0.3) is 11.8 Å². The minimum absolute atomic E-state index is 0.161. The van der Waals surface area contributed by atoms with Crippen LogP contribution < -0.4 is 11.1 Å². The molecule has 7 nitrogen and oxygen atoms in total. The largest absolute Gasteiger partial charge is 0.451 e. The minimum atomic E-state index is -0.668. The quantitative estimate of drug-likeness (QED) is 0.560. The summed E-state index contributed by atoms with van der Waals surface area (Å²) in [6, 6.07) is 1.92. The molecule has 1 aliphatic carbocycles. The number of esters is 1. The van der Waals surface area contributed by atoms with Crippen molar-refractivity contribution in [2.45, 2.75) is 25.7 Å². The van der Waals surface area contributed by atoms with Crippen LogP contribution >= 0.6 is 34.0 Å². The number of carbonyl (C=O) groups excluding carboxylic acids is 3. The summed E-state index contributed by atoms with van der Waals surface area (Å²) >= 11 is 4.25. The molecule has 3 aromatic heterocycles. The van der Waals surface area contributed by atoms with Crippen molar-refractivity contribution in [3.8, 4) is 10.6 Å². The lowest BCUT2D eigenvalue weighted by Gasteiger charge is -2.11. The van der Waals surface area contributed by atoms with Gasteiger partial charge in [-0.25, -0.2) is 9.78 Å². The number of nitrogens with two attached hydrogens (primary N) is 1.